The zero-order valence-electron chi connectivity index (χ0n) is 19.8. The number of anilines is 1. The van der Waals surface area contributed by atoms with Crippen LogP contribution in [0.3, 0.4) is 0 Å². The molecular weight excluding hydrogens is 560 g/mol. The number of hydrogen-bond donors (Lipinski definition) is 1. The molecule has 0 saturated heterocycles. The summed E-state index contributed by atoms with van der Waals surface area (Å²) >= 11 is 4.17. The van der Waals surface area contributed by atoms with Crippen molar-refractivity contribution in [3.63, 3.8) is 0 Å². The van der Waals surface area contributed by atoms with Gasteiger partial charge >= 0.3 is 222 Å². The molecule has 4 rings (SSSR count). The van der Waals surface area contributed by atoms with E-state index in [1.165, 1.54) is 13.0 Å². The van der Waals surface area contributed by atoms with E-state index in [2.05, 4.69) is 20.8 Å². The Morgan fingerprint density at radius 2 is 1.27 bits per heavy atom. The number of amides is 1. The van der Waals surface area contributed by atoms with E-state index < -0.39 is 28.5 Å². The summed E-state index contributed by atoms with van der Waals surface area (Å²) in [7, 11) is 0. The predicted molar refractivity (Wildman–Crippen MR) is 148 cm³/mol. The Labute approximate surface area is 221 Å². The van der Waals surface area contributed by atoms with Crippen molar-refractivity contribution in [3.8, 4) is 6.07 Å². The van der Waals surface area contributed by atoms with Crippen LogP contribution in [0.1, 0.15) is 23.6 Å². The molecule has 4 aromatic rings. The Kier molecular flexibility index (Phi) is 7.28. The molecule has 0 saturated carbocycles. The van der Waals surface area contributed by atoms with Gasteiger partial charge in [0.25, 0.3) is 0 Å². The first-order valence-electron chi connectivity index (χ1n) is 11.4. The first-order chi connectivity index (χ1) is 17.6. The van der Waals surface area contributed by atoms with Crippen LogP contribution >= 0.6 is 20.8 Å². The Hall–Kier alpha value is -3.46. The number of nitrogens with zero attached hydrogens (tertiary/aromatic N) is 1. The summed E-state index contributed by atoms with van der Waals surface area (Å²) in [4.78, 5) is 12.1. The van der Waals surface area contributed by atoms with Gasteiger partial charge in [-0.25, -0.2) is 0 Å². The van der Waals surface area contributed by atoms with Crippen LogP contribution in [0.15, 0.2) is 103 Å². The van der Waals surface area contributed by atoms with Gasteiger partial charge in [0.2, 0.25) is 0 Å². The average Bonchev–Trinajstić information content (AvgIpc) is 2.90. The molecule has 0 fully saturated rings. The number of nitriles is 1. The fraction of sp³-hybridized carbons (Fsp3) is 0.103. The summed E-state index contributed by atoms with van der Waals surface area (Å²) in [6, 6.07) is 32.3. The van der Waals surface area contributed by atoms with Gasteiger partial charge in [0.05, 0.1) is 0 Å². The zero-order chi connectivity index (χ0) is 26.7. The molecular formula is C29H23BrF3N2OP. The predicted octanol–water partition coefficient (Wildman–Crippen LogP) is 6.88. The van der Waals surface area contributed by atoms with Crippen LogP contribution in [-0.2, 0) is 17.1 Å². The summed E-state index contributed by atoms with van der Waals surface area (Å²) in [6.45, 7) is 1.24. The summed E-state index contributed by atoms with van der Waals surface area (Å²) in [5.41, 5.74) is -1.66. The van der Waals surface area contributed by atoms with Crippen LogP contribution in [0.4, 0.5) is 18.9 Å². The van der Waals surface area contributed by atoms with Crippen LogP contribution in [0, 0.1) is 11.3 Å². The van der Waals surface area contributed by atoms with E-state index in [9.17, 15) is 23.2 Å². The monoisotopic (exact) mass is 582 g/mol. The molecule has 0 radical (unpaired) electrons. The van der Waals surface area contributed by atoms with Crippen LogP contribution in [-0.4, -0.2) is 5.91 Å². The Morgan fingerprint density at radius 1 is 0.838 bits per heavy atom. The first-order valence-corrected chi connectivity index (χ1v) is 15.8. The van der Waals surface area contributed by atoms with E-state index >= 15 is 0 Å². The number of alkyl halides is 3. The van der Waals surface area contributed by atoms with Crippen molar-refractivity contribution in [3.05, 3.63) is 120 Å². The van der Waals surface area contributed by atoms with Gasteiger partial charge in [-0.1, -0.05) is 0 Å². The minimum atomic E-state index is -4.83. The molecule has 0 aliphatic carbocycles. The number of benzene rings is 4. The van der Waals surface area contributed by atoms with Crippen molar-refractivity contribution in [2.45, 2.75) is 19.3 Å². The maximum absolute atomic E-state index is 14.7. The van der Waals surface area contributed by atoms with E-state index in [0.29, 0.717) is 0 Å². The summed E-state index contributed by atoms with van der Waals surface area (Å²) in [6.07, 6.45) is -4.97. The molecule has 0 bridgehead atoms. The van der Waals surface area contributed by atoms with E-state index in [1.807, 2.05) is 91.0 Å². The molecule has 0 aliphatic rings. The number of carbonyl (C=O) groups excluding carboxylic acids is 1. The second kappa shape index (κ2) is 10.1. The fourth-order valence-electron chi connectivity index (χ4n) is 4.77. The van der Waals surface area contributed by atoms with Crippen LogP contribution in [0.25, 0.3) is 0 Å². The Morgan fingerprint density at radius 3 is 1.62 bits per heavy atom. The van der Waals surface area contributed by atoms with Crippen molar-refractivity contribution in [2.24, 2.45) is 0 Å². The number of nitrogens with one attached hydrogen (secondary N) is 1. The second-order valence-corrected chi connectivity index (χ2v) is 17.6. The van der Waals surface area contributed by atoms with Crippen LogP contribution < -0.4 is 21.2 Å². The van der Waals surface area contributed by atoms with Crippen molar-refractivity contribution in [1.82, 2.24) is 0 Å². The molecule has 0 atom stereocenters. The molecule has 0 aliphatic heterocycles. The fourth-order valence-corrected chi connectivity index (χ4v) is 12.4. The molecule has 0 heterocycles. The third-order valence-electron chi connectivity index (χ3n) is 6.37. The summed E-state index contributed by atoms with van der Waals surface area (Å²) in [5.74, 6) is -0.506. The first kappa shape index (κ1) is 26.6. The topological polar surface area (TPSA) is 52.9 Å². The zero-order valence-corrected chi connectivity index (χ0v) is 22.3. The molecule has 3 nitrogen and oxygen atoms in total. The van der Waals surface area contributed by atoms with Gasteiger partial charge in [0.15, 0.2) is 0 Å². The minimum absolute atomic E-state index is 0.0232. The second-order valence-electron chi connectivity index (χ2n) is 8.65. The molecule has 4 aromatic carbocycles. The van der Waals surface area contributed by atoms with Gasteiger partial charge in [0, 0.05) is 0 Å². The molecule has 1 N–H and O–H groups in total. The standard InChI is InChI=1S/C29H23BrF3N2OP/c1-21(36)35-27-18-17-22(19-34)28(29(31,32)33)26(27)20-37(30,23-11-5-2-6-12-23,24-13-7-3-8-14-24)25-15-9-4-10-16-25/h2-18H,20H2,1H3,(H,35,36). The molecule has 37 heavy (non-hydrogen) atoms. The van der Waals surface area contributed by atoms with Crippen molar-refractivity contribution >= 4 is 48.3 Å². The van der Waals surface area contributed by atoms with Gasteiger partial charge in [-0.15, -0.1) is 0 Å². The number of rotatable bonds is 6. The maximum atomic E-state index is 14.7. The average molecular weight is 583 g/mol. The van der Waals surface area contributed by atoms with Gasteiger partial charge in [-0.3, -0.25) is 0 Å². The van der Waals surface area contributed by atoms with E-state index in [4.69, 9.17) is 0 Å². The number of halogens is 4. The third kappa shape index (κ3) is 4.80. The van der Waals surface area contributed by atoms with Crippen molar-refractivity contribution in [2.75, 3.05) is 5.32 Å². The SMILES string of the molecule is CC(=O)Nc1ccc(C#N)c(C(F)(F)F)c1CP(Br)(c1ccccc1)(c1ccccc1)c1ccccc1. The van der Waals surface area contributed by atoms with Crippen molar-refractivity contribution in [1.29, 1.82) is 5.26 Å². The van der Waals surface area contributed by atoms with Gasteiger partial charge in [-0.05, 0) is 0 Å². The molecule has 0 spiro atoms. The molecule has 0 unspecified atom stereocenters. The van der Waals surface area contributed by atoms with E-state index in [-0.39, 0.29) is 17.4 Å². The molecule has 1 amide bonds. The van der Waals surface area contributed by atoms with E-state index in [0.717, 1.165) is 22.0 Å². The number of carbonyl (C=O) groups is 1. The van der Waals surface area contributed by atoms with Crippen LogP contribution in [0.5, 0.6) is 0 Å². The summed E-state index contributed by atoms with van der Waals surface area (Å²) < 4.78 is 44.0. The van der Waals surface area contributed by atoms with Crippen molar-refractivity contribution < 1.29 is 18.0 Å². The quantitative estimate of drug-likeness (QED) is 0.252. The van der Waals surface area contributed by atoms with Gasteiger partial charge in [-0.2, -0.15) is 0 Å². The molecule has 8 heteroatoms. The van der Waals surface area contributed by atoms with E-state index in [1.54, 1.807) is 6.07 Å². The van der Waals surface area contributed by atoms with Gasteiger partial charge in [0.1, 0.15) is 0 Å². The normalized spacial score (nSPS) is 12.7. The molecule has 0 aromatic heterocycles. The Bertz CT molecular complexity index is 1370. The summed E-state index contributed by atoms with van der Waals surface area (Å²) in [5, 5.41) is 10.8. The number of hydrogen-bond acceptors (Lipinski definition) is 2. The Balaban J connectivity index is 2.20. The third-order valence-corrected chi connectivity index (χ3v) is 15.8. The molecule has 188 valence electrons. The van der Waals surface area contributed by atoms with Crippen LogP contribution in [0.2, 0.25) is 0 Å². The van der Waals surface area contributed by atoms with Gasteiger partial charge < -0.3 is 0 Å².